The highest BCUT2D eigenvalue weighted by atomic mass is 32.2. The predicted octanol–water partition coefficient (Wildman–Crippen LogP) is 1.74. The molecule has 0 radical (unpaired) electrons. The summed E-state index contributed by atoms with van der Waals surface area (Å²) in [5.74, 6) is 0.328. The van der Waals surface area contributed by atoms with Crippen molar-refractivity contribution in [2.24, 2.45) is 0 Å². The van der Waals surface area contributed by atoms with Crippen LogP contribution in [0.4, 0.5) is 5.82 Å². The van der Waals surface area contributed by atoms with Crippen LogP contribution in [0.1, 0.15) is 24.7 Å². The van der Waals surface area contributed by atoms with Crippen molar-refractivity contribution in [2.75, 3.05) is 10.5 Å². The number of hydrogen-bond donors (Lipinski definition) is 2. The lowest BCUT2D eigenvalue weighted by molar-refractivity contribution is 0.600. The van der Waals surface area contributed by atoms with E-state index in [1.165, 1.54) is 0 Å². The lowest BCUT2D eigenvalue weighted by atomic mass is 10.2. The minimum atomic E-state index is -3.41. The average Bonchev–Trinajstić information content (AvgIpc) is 2.85. The zero-order valence-electron chi connectivity index (χ0n) is 11.3. The Labute approximate surface area is 118 Å². The number of aryl methyl sites for hydroxylation is 2. The molecular weight excluding hydrogens is 276 g/mol. The molecule has 6 nitrogen and oxygen atoms in total. The zero-order chi connectivity index (χ0) is 14.4. The van der Waals surface area contributed by atoms with E-state index in [-0.39, 0.29) is 5.75 Å². The maximum Gasteiger partial charge on any atom is 0.234 e. The van der Waals surface area contributed by atoms with Crippen molar-refractivity contribution in [3.63, 3.8) is 0 Å². The first-order valence-electron chi connectivity index (χ1n) is 6.54. The van der Waals surface area contributed by atoms with Crippen LogP contribution in [-0.4, -0.2) is 29.4 Å². The predicted molar refractivity (Wildman–Crippen MR) is 77.9 cm³/mol. The molecule has 0 unspecified atom stereocenters. The van der Waals surface area contributed by atoms with Gasteiger partial charge in [-0.15, -0.1) is 0 Å². The van der Waals surface area contributed by atoms with E-state index in [1.54, 1.807) is 18.3 Å². The number of nitrogens with one attached hydrogen (secondary N) is 2. The van der Waals surface area contributed by atoms with Gasteiger partial charge in [0.15, 0.2) is 5.82 Å². The summed E-state index contributed by atoms with van der Waals surface area (Å²) in [5.41, 5.74) is 1.68. The monoisotopic (exact) mass is 294 g/mol. The van der Waals surface area contributed by atoms with Gasteiger partial charge in [0.2, 0.25) is 10.0 Å². The summed E-state index contributed by atoms with van der Waals surface area (Å²) in [5, 5.41) is 6.76. The maximum absolute atomic E-state index is 11.9. The van der Waals surface area contributed by atoms with Crippen molar-refractivity contribution in [3.05, 3.63) is 41.9 Å². The van der Waals surface area contributed by atoms with Crippen LogP contribution in [-0.2, 0) is 22.9 Å². The third-order valence-corrected chi connectivity index (χ3v) is 4.03. The van der Waals surface area contributed by atoms with E-state index < -0.39 is 10.0 Å². The van der Waals surface area contributed by atoms with Crippen LogP contribution in [0, 0.1) is 0 Å². The normalized spacial score (nSPS) is 11.4. The van der Waals surface area contributed by atoms with Crippen LogP contribution in [0.15, 0.2) is 30.5 Å². The second kappa shape index (κ2) is 6.51. The van der Waals surface area contributed by atoms with Crippen molar-refractivity contribution in [1.29, 1.82) is 0 Å². The smallest absolute Gasteiger partial charge is 0.234 e. The summed E-state index contributed by atoms with van der Waals surface area (Å²) in [6.07, 6.45) is 3.86. The van der Waals surface area contributed by atoms with Crippen molar-refractivity contribution < 1.29 is 8.42 Å². The molecule has 108 valence electrons. The highest BCUT2D eigenvalue weighted by molar-refractivity contribution is 7.92. The summed E-state index contributed by atoms with van der Waals surface area (Å²) >= 11 is 0. The van der Waals surface area contributed by atoms with Crippen LogP contribution in [0.3, 0.4) is 0 Å². The van der Waals surface area contributed by atoms with Gasteiger partial charge in [0.25, 0.3) is 0 Å². The van der Waals surface area contributed by atoms with Crippen LogP contribution >= 0.6 is 0 Å². The number of aromatic nitrogens is 3. The lowest BCUT2D eigenvalue weighted by Gasteiger charge is -2.04. The van der Waals surface area contributed by atoms with Gasteiger partial charge in [-0.3, -0.25) is 14.8 Å². The highest BCUT2D eigenvalue weighted by Crippen LogP contribution is 2.10. The van der Waals surface area contributed by atoms with Gasteiger partial charge in [-0.2, -0.15) is 5.10 Å². The maximum atomic E-state index is 11.9. The van der Waals surface area contributed by atoms with Crippen LogP contribution in [0.5, 0.6) is 0 Å². The van der Waals surface area contributed by atoms with Gasteiger partial charge < -0.3 is 0 Å². The van der Waals surface area contributed by atoms with Gasteiger partial charge in [0.1, 0.15) is 0 Å². The van der Waals surface area contributed by atoms with Gasteiger partial charge in [0, 0.05) is 30.1 Å². The van der Waals surface area contributed by atoms with Gasteiger partial charge in [-0.25, -0.2) is 8.42 Å². The number of pyridine rings is 1. The Morgan fingerprint density at radius 3 is 2.85 bits per heavy atom. The largest absolute Gasteiger partial charge is 0.280 e. The molecule has 0 aromatic carbocycles. The third-order valence-electron chi connectivity index (χ3n) is 2.76. The number of aromatic amines is 1. The fraction of sp³-hybridized carbons (Fsp3) is 0.385. The minimum Gasteiger partial charge on any atom is -0.280 e. The Morgan fingerprint density at radius 2 is 2.15 bits per heavy atom. The molecule has 0 saturated heterocycles. The topological polar surface area (TPSA) is 87.7 Å². The standard InChI is InChI=1S/C13H18N4O2S/c1-2-5-12-10-13(16-15-12)17-20(18,19)9-7-11-6-3-4-8-14-11/h3-4,6,8,10H,2,5,7,9H2,1H3,(H2,15,16,17). The molecule has 0 aliphatic carbocycles. The molecule has 0 bridgehead atoms. The Bertz CT molecular complexity index is 637. The van der Waals surface area contributed by atoms with Gasteiger partial charge in [-0.1, -0.05) is 19.4 Å². The SMILES string of the molecule is CCCc1cc(NS(=O)(=O)CCc2ccccn2)n[nH]1. The lowest BCUT2D eigenvalue weighted by Crippen LogP contribution is -2.18. The number of H-pyrrole nitrogens is 1. The summed E-state index contributed by atoms with van der Waals surface area (Å²) in [4.78, 5) is 4.10. The molecule has 0 fully saturated rings. The molecule has 2 rings (SSSR count). The summed E-state index contributed by atoms with van der Waals surface area (Å²) in [6.45, 7) is 2.05. The van der Waals surface area contributed by atoms with Crippen LogP contribution in [0.25, 0.3) is 0 Å². The fourth-order valence-electron chi connectivity index (χ4n) is 1.81. The van der Waals surface area contributed by atoms with Crippen molar-refractivity contribution in [3.8, 4) is 0 Å². The molecular formula is C13H18N4O2S. The van der Waals surface area contributed by atoms with E-state index in [2.05, 4.69) is 26.8 Å². The van der Waals surface area contributed by atoms with Crippen molar-refractivity contribution >= 4 is 15.8 Å². The Morgan fingerprint density at radius 1 is 1.30 bits per heavy atom. The van der Waals surface area contributed by atoms with Gasteiger partial charge >= 0.3 is 0 Å². The van der Waals surface area contributed by atoms with Crippen LogP contribution in [0.2, 0.25) is 0 Å². The first kappa shape index (κ1) is 14.5. The Kier molecular flexibility index (Phi) is 4.73. The number of sulfonamides is 1. The van der Waals surface area contributed by atoms with E-state index in [0.29, 0.717) is 12.2 Å². The van der Waals surface area contributed by atoms with Gasteiger partial charge in [0.05, 0.1) is 5.75 Å². The van der Waals surface area contributed by atoms with E-state index in [9.17, 15) is 8.42 Å². The molecule has 7 heteroatoms. The minimum absolute atomic E-state index is 0.0139. The Hall–Kier alpha value is -1.89. The van der Waals surface area contributed by atoms with Crippen molar-refractivity contribution in [1.82, 2.24) is 15.2 Å². The third kappa shape index (κ3) is 4.34. The first-order valence-corrected chi connectivity index (χ1v) is 8.19. The molecule has 2 heterocycles. The molecule has 0 aliphatic rings. The molecule has 0 aliphatic heterocycles. The van der Waals surface area contributed by atoms with Crippen LogP contribution < -0.4 is 4.72 Å². The molecule has 2 N–H and O–H groups in total. The Balaban J connectivity index is 1.93. The van der Waals surface area contributed by atoms with E-state index in [4.69, 9.17) is 0 Å². The zero-order valence-corrected chi connectivity index (χ0v) is 12.2. The van der Waals surface area contributed by atoms with Gasteiger partial charge in [-0.05, 0) is 18.6 Å². The number of rotatable bonds is 7. The summed E-state index contributed by atoms with van der Waals surface area (Å²) in [6, 6.07) is 7.17. The quantitative estimate of drug-likeness (QED) is 0.814. The summed E-state index contributed by atoms with van der Waals surface area (Å²) < 4.78 is 26.4. The molecule has 0 spiro atoms. The molecule has 0 saturated carbocycles. The molecule has 20 heavy (non-hydrogen) atoms. The summed E-state index contributed by atoms with van der Waals surface area (Å²) in [7, 11) is -3.41. The molecule has 0 atom stereocenters. The molecule has 2 aromatic rings. The second-order valence-electron chi connectivity index (χ2n) is 4.52. The fourth-order valence-corrected chi connectivity index (χ4v) is 2.81. The second-order valence-corrected chi connectivity index (χ2v) is 6.36. The van der Waals surface area contributed by atoms with E-state index in [0.717, 1.165) is 24.2 Å². The highest BCUT2D eigenvalue weighted by Gasteiger charge is 2.13. The number of nitrogens with zero attached hydrogens (tertiary/aromatic N) is 2. The number of hydrogen-bond acceptors (Lipinski definition) is 4. The first-order chi connectivity index (χ1) is 9.59. The van der Waals surface area contributed by atoms with Crippen molar-refractivity contribution in [2.45, 2.75) is 26.2 Å². The molecule has 0 amide bonds. The molecule has 2 aromatic heterocycles. The average molecular weight is 294 g/mol. The van der Waals surface area contributed by atoms with E-state index in [1.807, 2.05) is 12.1 Å². The van der Waals surface area contributed by atoms with E-state index >= 15 is 0 Å². The number of anilines is 1.